The normalized spacial score (nSPS) is 16.8. The van der Waals surface area contributed by atoms with Gasteiger partial charge in [0.05, 0.1) is 23.4 Å². The third kappa shape index (κ3) is 5.32. The largest absolute Gasteiger partial charge is 0.434 e. The average Bonchev–Trinajstić information content (AvgIpc) is 3.79. The van der Waals surface area contributed by atoms with Crippen LogP contribution >= 0.6 is 11.7 Å². The first-order chi connectivity index (χ1) is 24.2. The number of halogens is 2. The maximum atomic E-state index is 14.6. The summed E-state index contributed by atoms with van der Waals surface area (Å²) in [6.45, 7) is -3.18. The number of rotatable bonds is 7. The lowest BCUT2D eigenvalue weighted by atomic mass is 9.77. The van der Waals surface area contributed by atoms with Crippen molar-refractivity contribution in [2.75, 3.05) is 19.0 Å². The zero-order valence-electron chi connectivity index (χ0n) is 27.1. The number of nitriles is 1. The van der Waals surface area contributed by atoms with Gasteiger partial charge in [0.25, 0.3) is 0 Å². The third-order valence-electron chi connectivity index (χ3n) is 8.60. The number of anilines is 1. The summed E-state index contributed by atoms with van der Waals surface area (Å²) in [6, 6.07) is 27.9. The zero-order chi connectivity index (χ0) is 34.6. The quantitative estimate of drug-likeness (QED) is 0.182. The summed E-state index contributed by atoms with van der Waals surface area (Å²) in [5.74, 6) is -1.79. The van der Waals surface area contributed by atoms with Gasteiger partial charge in [0.2, 0.25) is 0 Å². The minimum absolute atomic E-state index is 0.109. The van der Waals surface area contributed by atoms with Gasteiger partial charge in [-0.2, -0.15) is 28.3 Å². The summed E-state index contributed by atoms with van der Waals surface area (Å²) >= 11 is 1.09. The summed E-state index contributed by atoms with van der Waals surface area (Å²) in [7, 11) is 3.77. The molecule has 240 valence electrons. The molecule has 1 atom stereocenters. The van der Waals surface area contributed by atoms with Crippen molar-refractivity contribution in [1.29, 1.82) is 5.26 Å². The van der Waals surface area contributed by atoms with E-state index < -0.39 is 12.5 Å². The monoisotopic (exact) mass is 669 g/mol. The van der Waals surface area contributed by atoms with Crippen LogP contribution in [0.5, 0.6) is 5.75 Å². The number of ether oxygens (including phenoxy) is 1. The van der Waals surface area contributed by atoms with E-state index in [2.05, 4.69) is 25.5 Å². The second-order valence-corrected chi connectivity index (χ2v) is 12.2. The van der Waals surface area contributed by atoms with Crippen molar-refractivity contribution in [2.24, 2.45) is 5.16 Å². The van der Waals surface area contributed by atoms with Crippen LogP contribution in [0.2, 0.25) is 0 Å². The molecular weight excluding hydrogens is 643 g/mol. The lowest BCUT2D eigenvalue weighted by molar-refractivity contribution is -0.0494. The van der Waals surface area contributed by atoms with Crippen molar-refractivity contribution >= 4 is 44.9 Å². The molecular formula is C38H26F2N6O2S. The van der Waals surface area contributed by atoms with Gasteiger partial charge in [0.1, 0.15) is 28.2 Å². The molecule has 6 aromatic rings. The fourth-order valence-corrected chi connectivity index (χ4v) is 6.96. The molecule has 49 heavy (non-hydrogen) atoms. The Morgan fingerprint density at radius 2 is 1.76 bits per heavy atom. The van der Waals surface area contributed by atoms with Crippen LogP contribution in [0, 0.1) is 11.3 Å². The maximum absolute atomic E-state index is 14.6. The van der Waals surface area contributed by atoms with Crippen molar-refractivity contribution in [3.05, 3.63) is 120 Å². The van der Waals surface area contributed by atoms with E-state index in [9.17, 15) is 15.4 Å². The molecule has 0 fully saturated rings. The minimum atomic E-state index is -3.18. The van der Waals surface area contributed by atoms with Crippen molar-refractivity contribution in [3.63, 3.8) is 0 Å². The van der Waals surface area contributed by atoms with Gasteiger partial charge in [-0.1, -0.05) is 59.8 Å². The highest BCUT2D eigenvalue weighted by atomic mass is 32.1. The van der Waals surface area contributed by atoms with E-state index in [0.29, 0.717) is 66.9 Å². The van der Waals surface area contributed by atoms with Gasteiger partial charge in [-0.3, -0.25) is 4.94 Å². The van der Waals surface area contributed by atoms with Crippen LogP contribution in [0.3, 0.4) is 0 Å². The van der Waals surface area contributed by atoms with Crippen molar-refractivity contribution in [1.82, 2.24) is 14.2 Å². The summed E-state index contributed by atoms with van der Waals surface area (Å²) in [5.41, 5.74) is 10.0. The van der Waals surface area contributed by atoms with Gasteiger partial charge in [-0.25, -0.2) is 0 Å². The van der Waals surface area contributed by atoms with Gasteiger partial charge in [-0.05, 0) is 87.1 Å². The molecule has 0 spiro atoms. The molecule has 1 aromatic heterocycles. The molecule has 11 heteroatoms. The van der Waals surface area contributed by atoms with Crippen LogP contribution in [0.4, 0.5) is 14.5 Å². The number of hydrogen-bond acceptors (Lipinski definition) is 9. The van der Waals surface area contributed by atoms with Crippen LogP contribution in [-0.4, -0.2) is 35.2 Å². The predicted octanol–water partition coefficient (Wildman–Crippen LogP) is 8.81. The summed E-state index contributed by atoms with van der Waals surface area (Å²) in [6.07, 6.45) is 5.02. The second-order valence-electron chi connectivity index (χ2n) is 11.7. The number of fused-ring (bicyclic) bond motifs is 3. The highest BCUT2D eigenvalue weighted by Gasteiger charge is 2.32. The third-order valence-corrected chi connectivity index (χ3v) is 9.16. The Morgan fingerprint density at radius 3 is 2.55 bits per heavy atom. The summed E-state index contributed by atoms with van der Waals surface area (Å²) in [5, 5.41) is 15.3. The highest BCUT2D eigenvalue weighted by molar-refractivity contribution is 7.00. The van der Waals surface area contributed by atoms with Crippen LogP contribution in [0.25, 0.3) is 55.2 Å². The summed E-state index contributed by atoms with van der Waals surface area (Å²) < 4.78 is 53.9. The average molecular weight is 670 g/mol. The van der Waals surface area contributed by atoms with Gasteiger partial charge in [-0.15, -0.1) is 0 Å². The number of benzene rings is 5. The SMILES string of the molecule is [2H]C1(c2c(-c3c(N(C)C)ccc4ccccc34)c(OC(F)F)cc(-c3ccc(C#N)cc3)c2-c2ccc3nsnc3c2)C=CC2=NONC2=C1. The number of nitrogens with zero attached hydrogens (tertiary/aromatic N) is 5. The fraction of sp³-hybridized carbons (Fsp3) is 0.105. The number of aromatic nitrogens is 2. The van der Waals surface area contributed by atoms with E-state index >= 15 is 0 Å². The minimum Gasteiger partial charge on any atom is -0.434 e. The molecule has 5 aromatic carbocycles. The molecule has 1 N–H and O–H groups in total. The van der Waals surface area contributed by atoms with E-state index in [1.165, 1.54) is 0 Å². The number of alkyl halides is 2. The van der Waals surface area contributed by atoms with Crippen LogP contribution in [-0.2, 0) is 4.94 Å². The number of allylic oxidation sites excluding steroid dienone is 3. The van der Waals surface area contributed by atoms with E-state index in [0.717, 1.165) is 28.2 Å². The van der Waals surface area contributed by atoms with Crippen LogP contribution in [0.15, 0.2) is 114 Å². The lowest BCUT2D eigenvalue weighted by Crippen LogP contribution is -2.16. The van der Waals surface area contributed by atoms with Gasteiger partial charge in [0.15, 0.2) is 0 Å². The Kier molecular flexibility index (Phi) is 7.21. The Labute approximate surface area is 285 Å². The molecule has 1 unspecified atom stereocenters. The lowest BCUT2D eigenvalue weighted by Gasteiger charge is -2.29. The van der Waals surface area contributed by atoms with Gasteiger partial charge in [0, 0.05) is 38.2 Å². The molecule has 1 aliphatic heterocycles. The van der Waals surface area contributed by atoms with Gasteiger partial charge < -0.3 is 9.64 Å². The van der Waals surface area contributed by atoms with E-state index in [1.807, 2.05) is 73.6 Å². The first kappa shape index (κ1) is 29.1. The topological polar surface area (TPSA) is 95.7 Å². The maximum Gasteiger partial charge on any atom is 0.387 e. The molecule has 0 radical (unpaired) electrons. The predicted molar refractivity (Wildman–Crippen MR) is 189 cm³/mol. The Bertz CT molecular complexity index is 2470. The molecule has 0 saturated carbocycles. The second kappa shape index (κ2) is 12.2. The van der Waals surface area contributed by atoms with E-state index in [-0.39, 0.29) is 5.75 Å². The molecule has 2 heterocycles. The number of oxime groups is 1. The molecule has 0 bridgehead atoms. The molecule has 1 aliphatic carbocycles. The highest BCUT2D eigenvalue weighted by Crippen LogP contribution is 2.53. The molecule has 8 rings (SSSR count). The van der Waals surface area contributed by atoms with Crippen LogP contribution in [0.1, 0.15) is 18.4 Å². The van der Waals surface area contributed by atoms with E-state index in [4.69, 9.17) is 9.68 Å². The Hall–Kier alpha value is -6.12. The number of nitrogens with one attached hydrogen (secondary N) is 1. The zero-order valence-corrected chi connectivity index (χ0v) is 26.9. The number of hydrogen-bond donors (Lipinski definition) is 1. The van der Waals surface area contributed by atoms with Crippen LogP contribution < -0.4 is 15.1 Å². The van der Waals surface area contributed by atoms with Crippen molar-refractivity contribution in [2.45, 2.75) is 12.5 Å². The van der Waals surface area contributed by atoms with Crippen molar-refractivity contribution in [3.8, 4) is 45.2 Å². The smallest absolute Gasteiger partial charge is 0.387 e. The standard InChI is InChI=1S/C38H26F2N6O2S/c1-46(2)32-16-13-22-5-3-4-6-26(22)36(32)37-33(47-38(39)40)19-27(23-9-7-21(20-41)8-10-23)34(24-12-15-29-31(18-24)45-49-44-29)35(37)25-11-14-28-30(17-25)43-48-42-28/h3-19,25,38,43H,1-2H3/i25D. The number of hydroxylamine groups is 1. The molecule has 0 saturated heterocycles. The Balaban J connectivity index is 1.61. The molecule has 0 amide bonds. The first-order valence-electron chi connectivity index (χ1n) is 15.8. The van der Waals surface area contributed by atoms with Gasteiger partial charge >= 0.3 is 6.61 Å². The Morgan fingerprint density at radius 1 is 0.959 bits per heavy atom. The molecule has 8 nitrogen and oxygen atoms in total. The van der Waals surface area contributed by atoms with E-state index in [1.54, 1.807) is 48.6 Å². The van der Waals surface area contributed by atoms with Crippen molar-refractivity contribution < 1.29 is 19.8 Å². The fourth-order valence-electron chi connectivity index (χ4n) is 6.44. The molecule has 2 aliphatic rings. The summed E-state index contributed by atoms with van der Waals surface area (Å²) in [4.78, 5) is 7.07. The first-order valence-corrected chi connectivity index (χ1v) is 16.0.